The first-order chi connectivity index (χ1) is 12.4. The third kappa shape index (κ3) is 9.17. The number of hydrogen-bond acceptors (Lipinski definition) is 2. The van der Waals surface area contributed by atoms with E-state index in [2.05, 4.69) is 98.4 Å². The summed E-state index contributed by atoms with van der Waals surface area (Å²) in [5.41, 5.74) is 5.05. The Morgan fingerprint density at radius 1 is 0.741 bits per heavy atom. The predicted octanol–water partition coefficient (Wildman–Crippen LogP) is 3.36. The first kappa shape index (κ1) is 24.6. The van der Waals surface area contributed by atoms with Crippen molar-refractivity contribution >= 4 is 18.9 Å². The van der Waals surface area contributed by atoms with Crippen molar-refractivity contribution in [3.63, 3.8) is 0 Å². The molecule has 0 radical (unpaired) electrons. The summed E-state index contributed by atoms with van der Waals surface area (Å²) >= 11 is 0. The number of aryl methyl sites for hydroxylation is 2. The van der Waals surface area contributed by atoms with Gasteiger partial charge in [0.2, 0.25) is 0 Å². The summed E-state index contributed by atoms with van der Waals surface area (Å²) in [5.74, 6) is 0. The molecule has 0 saturated heterocycles. The fourth-order valence-corrected chi connectivity index (χ4v) is 2.23. The van der Waals surface area contributed by atoms with E-state index < -0.39 is 7.54 Å². The summed E-state index contributed by atoms with van der Waals surface area (Å²) in [5, 5.41) is 0. The molecule has 1 aliphatic heterocycles. The average molecular weight is 381 g/mol. The molecule has 0 aliphatic carbocycles. The zero-order valence-electron chi connectivity index (χ0n) is 16.2. The minimum atomic E-state index is -3.67. The van der Waals surface area contributed by atoms with E-state index in [0.29, 0.717) is 0 Å². The van der Waals surface area contributed by atoms with Crippen LogP contribution in [0.4, 0.5) is 24.3 Å². The molecule has 27 heavy (non-hydrogen) atoms. The van der Waals surface area contributed by atoms with Crippen LogP contribution in [0.25, 0.3) is 0 Å². The summed E-state index contributed by atoms with van der Waals surface area (Å²) in [4.78, 5) is 4.50. The van der Waals surface area contributed by atoms with Gasteiger partial charge in [-0.2, -0.15) is 0 Å². The van der Waals surface area contributed by atoms with Crippen LogP contribution in [0.5, 0.6) is 0 Å². The number of hydrogen-bond donors (Lipinski definition) is 0. The lowest BCUT2D eigenvalue weighted by molar-refractivity contribution is -0.00000829. The van der Waals surface area contributed by atoms with Gasteiger partial charge in [0.05, 0.1) is 6.67 Å². The smallest absolute Gasteiger partial charge is 0.762 e. The summed E-state index contributed by atoms with van der Waals surface area (Å²) < 4.78 is 29.0. The maximum atomic E-state index is 9.67. The number of rotatable bonds is 2. The Kier molecular flexibility index (Phi) is 11.7. The van der Waals surface area contributed by atoms with Crippen molar-refractivity contribution in [1.82, 2.24) is 0 Å². The molecule has 2 nitrogen and oxygen atoms in total. The second kappa shape index (κ2) is 12.8. The van der Waals surface area contributed by atoms with Crippen LogP contribution in [0.3, 0.4) is 0 Å². The van der Waals surface area contributed by atoms with Crippen molar-refractivity contribution in [3.05, 3.63) is 72.1 Å². The zero-order valence-corrected chi connectivity index (χ0v) is 16.2. The minimum Gasteiger partial charge on any atom is -1.00 e. The fourth-order valence-electron chi connectivity index (χ4n) is 2.23. The highest BCUT2D eigenvalue weighted by Gasteiger charge is 2.14. The van der Waals surface area contributed by atoms with Crippen molar-refractivity contribution in [2.24, 2.45) is 0 Å². The lowest BCUT2D eigenvalue weighted by Crippen LogP contribution is -3.00. The van der Waals surface area contributed by atoms with E-state index in [1.807, 2.05) is 0 Å². The monoisotopic (exact) mass is 381 g/mol. The molecule has 0 fully saturated rings. The third-order valence-corrected chi connectivity index (χ3v) is 3.46. The Hall–Kier alpha value is -2.44. The second-order valence-electron chi connectivity index (χ2n) is 6.00. The number of halogens is 4. The molecule has 0 aromatic heterocycles. The van der Waals surface area contributed by atoms with Crippen molar-refractivity contribution in [2.75, 3.05) is 16.5 Å². The molecule has 2 aromatic rings. The van der Waals surface area contributed by atoms with Gasteiger partial charge in [0.25, 0.3) is 0 Å². The summed E-state index contributed by atoms with van der Waals surface area (Å²) in [6, 6.07) is 17.3. The largest absolute Gasteiger partial charge is 1.00 e. The molecule has 0 spiro atoms. The van der Waals surface area contributed by atoms with E-state index in [0.717, 1.165) is 6.67 Å². The highest BCUT2D eigenvalue weighted by Crippen LogP contribution is 2.24. The number of benzene rings is 2. The van der Waals surface area contributed by atoms with Gasteiger partial charge in [-0.25, -0.2) is 0 Å². The summed E-state index contributed by atoms with van der Waals surface area (Å²) in [7, 11) is -3.67. The molecule has 3 rings (SSSR count). The topological polar surface area (TPSA) is 6.48 Å². The standard InChI is InChI=1S/C17H18N2.C3H8.BF3.FH/c1-14-3-7-16(8-4-14)18-11-12-19(13-18)17-9-5-15(2)6-10-17;1-3-2;2-1(3)4;/h3-12H,13H2,1-2H3;3H2,1-2H3;;1H/p-1. The van der Waals surface area contributed by atoms with Crippen molar-refractivity contribution in [2.45, 2.75) is 34.1 Å². The van der Waals surface area contributed by atoms with Gasteiger partial charge in [-0.1, -0.05) is 55.7 Å². The molecule has 1 aliphatic rings. The van der Waals surface area contributed by atoms with Gasteiger partial charge in [0.1, 0.15) is 0 Å². The molecule has 0 saturated carbocycles. The molecule has 0 N–H and O–H groups in total. The molecule has 0 bridgehead atoms. The molecule has 0 amide bonds. The normalized spacial score (nSPS) is 11.7. The molecule has 7 heteroatoms. The molecule has 148 valence electrons. The van der Waals surface area contributed by atoms with E-state index in [-0.39, 0.29) is 4.70 Å². The Morgan fingerprint density at radius 3 is 1.26 bits per heavy atom. The molecule has 2 aromatic carbocycles. The SMILES string of the molecule is CCC.Cc1ccc(N2C=CN(c3ccc(C)cc3)C2)cc1.FB(F)F.[F-]. The fraction of sp³-hybridized carbons (Fsp3) is 0.300. The Morgan fingerprint density at radius 2 is 1.00 bits per heavy atom. The maximum absolute atomic E-state index is 9.67. The van der Waals surface area contributed by atoms with E-state index in [4.69, 9.17) is 0 Å². The van der Waals surface area contributed by atoms with Crippen LogP contribution in [-0.4, -0.2) is 14.2 Å². The van der Waals surface area contributed by atoms with Crippen LogP contribution in [0, 0.1) is 13.8 Å². The van der Waals surface area contributed by atoms with Gasteiger partial charge in [-0.15, -0.1) is 0 Å². The van der Waals surface area contributed by atoms with Crippen molar-refractivity contribution in [3.8, 4) is 0 Å². The van der Waals surface area contributed by atoms with E-state index in [1.54, 1.807) is 0 Å². The van der Waals surface area contributed by atoms with E-state index in [1.165, 1.54) is 28.9 Å². The highest BCUT2D eigenvalue weighted by molar-refractivity contribution is 6.33. The molecule has 1 heterocycles. The summed E-state index contributed by atoms with van der Waals surface area (Å²) in [6.07, 6.45) is 5.51. The summed E-state index contributed by atoms with van der Waals surface area (Å²) in [6.45, 7) is 9.34. The minimum absolute atomic E-state index is 0. The van der Waals surface area contributed by atoms with Crippen molar-refractivity contribution < 1.29 is 17.7 Å². The highest BCUT2D eigenvalue weighted by atomic mass is 19.4. The van der Waals surface area contributed by atoms with E-state index >= 15 is 0 Å². The van der Waals surface area contributed by atoms with Gasteiger partial charge in [-0.05, 0) is 38.1 Å². The lowest BCUT2D eigenvalue weighted by atomic mass is 10.2. The van der Waals surface area contributed by atoms with Crippen LogP contribution in [-0.2, 0) is 0 Å². The predicted molar refractivity (Wildman–Crippen MR) is 106 cm³/mol. The second-order valence-corrected chi connectivity index (χ2v) is 6.00. The van der Waals surface area contributed by atoms with E-state index in [9.17, 15) is 12.9 Å². The zero-order chi connectivity index (χ0) is 19.5. The molecular formula is C20H26BF4N2-. The van der Waals surface area contributed by atoms with Gasteiger partial charge < -0.3 is 14.5 Å². The van der Waals surface area contributed by atoms with Crippen LogP contribution in [0.2, 0.25) is 0 Å². The maximum Gasteiger partial charge on any atom is 0.762 e. The first-order valence-corrected chi connectivity index (χ1v) is 8.64. The van der Waals surface area contributed by atoms with Gasteiger partial charge >= 0.3 is 7.54 Å². The molecule has 0 unspecified atom stereocenters. The third-order valence-electron chi connectivity index (χ3n) is 3.46. The first-order valence-electron chi connectivity index (χ1n) is 8.64. The van der Waals surface area contributed by atoms with Gasteiger partial charge in [0, 0.05) is 23.8 Å². The number of anilines is 2. The molecule has 0 atom stereocenters. The number of nitrogens with zero attached hydrogens (tertiary/aromatic N) is 2. The lowest BCUT2D eigenvalue weighted by Gasteiger charge is -2.21. The van der Waals surface area contributed by atoms with Gasteiger partial charge in [0.15, 0.2) is 0 Å². The van der Waals surface area contributed by atoms with Crippen LogP contribution in [0.1, 0.15) is 31.4 Å². The van der Waals surface area contributed by atoms with Crippen LogP contribution < -0.4 is 14.5 Å². The van der Waals surface area contributed by atoms with Crippen LogP contribution in [0.15, 0.2) is 60.9 Å². The Labute approximate surface area is 159 Å². The van der Waals surface area contributed by atoms with Crippen LogP contribution >= 0.6 is 0 Å². The Bertz CT molecular complexity index is 604. The average Bonchev–Trinajstić information content (AvgIpc) is 3.06. The van der Waals surface area contributed by atoms with Crippen molar-refractivity contribution in [1.29, 1.82) is 0 Å². The molecular weight excluding hydrogens is 355 g/mol. The quantitative estimate of drug-likeness (QED) is 0.582. The van der Waals surface area contributed by atoms with Gasteiger partial charge in [-0.3, -0.25) is 12.9 Å². The Balaban J connectivity index is 0.000000738.